The van der Waals surface area contributed by atoms with Gasteiger partial charge in [0.15, 0.2) is 0 Å². The highest BCUT2D eigenvalue weighted by atomic mass is 32.1. The third-order valence-corrected chi connectivity index (χ3v) is 4.74. The van der Waals surface area contributed by atoms with E-state index in [1.165, 1.54) is 4.70 Å². The molecule has 3 aromatic rings. The van der Waals surface area contributed by atoms with Gasteiger partial charge in [0.1, 0.15) is 5.01 Å². The van der Waals surface area contributed by atoms with E-state index in [0.717, 1.165) is 28.3 Å². The van der Waals surface area contributed by atoms with Gasteiger partial charge in [-0.3, -0.25) is 0 Å². The summed E-state index contributed by atoms with van der Waals surface area (Å²) in [5.74, 6) is 0. The van der Waals surface area contributed by atoms with Gasteiger partial charge in [-0.25, -0.2) is 4.98 Å². The molecule has 0 unspecified atom stereocenters. The van der Waals surface area contributed by atoms with Crippen molar-refractivity contribution in [1.29, 1.82) is 0 Å². The fourth-order valence-electron chi connectivity index (χ4n) is 2.52. The predicted molar refractivity (Wildman–Crippen MR) is 100.0 cm³/mol. The Labute approximate surface area is 140 Å². The van der Waals surface area contributed by atoms with Gasteiger partial charge in [-0.05, 0) is 42.8 Å². The first-order valence-corrected chi connectivity index (χ1v) is 8.61. The van der Waals surface area contributed by atoms with Crippen LogP contribution in [0, 0.1) is 0 Å². The Morgan fingerprint density at radius 2 is 1.87 bits per heavy atom. The lowest BCUT2D eigenvalue weighted by Crippen LogP contribution is -2.25. The molecule has 2 aromatic carbocycles. The molecule has 0 bridgehead atoms. The minimum Gasteiger partial charge on any atom is -0.395 e. The molecule has 4 heteroatoms. The SMILES string of the molecule is CCN(CCO)c1ccc(/C=C/c2nc3ccccc3s2)cc1. The Morgan fingerprint density at radius 1 is 1.09 bits per heavy atom. The first kappa shape index (κ1) is 15.7. The van der Waals surface area contributed by atoms with E-state index < -0.39 is 0 Å². The second-order valence-electron chi connectivity index (χ2n) is 5.25. The number of para-hydroxylation sites is 1. The molecular weight excluding hydrogens is 304 g/mol. The maximum Gasteiger partial charge on any atom is 0.117 e. The molecule has 1 heterocycles. The molecule has 0 spiro atoms. The Kier molecular flexibility index (Phi) is 5.05. The van der Waals surface area contributed by atoms with Crippen molar-refractivity contribution in [3.05, 3.63) is 59.1 Å². The number of hydrogen-bond acceptors (Lipinski definition) is 4. The van der Waals surface area contributed by atoms with E-state index in [1.807, 2.05) is 18.2 Å². The third kappa shape index (κ3) is 3.78. The molecule has 0 aliphatic rings. The standard InChI is InChI=1S/C19H20N2OS/c1-2-21(13-14-22)16-10-7-15(8-11-16)9-12-19-20-17-5-3-4-6-18(17)23-19/h3-12,22H,2,13-14H2,1H3/b12-9+. The van der Waals surface area contributed by atoms with Gasteiger partial charge in [0.25, 0.3) is 0 Å². The summed E-state index contributed by atoms with van der Waals surface area (Å²) in [7, 11) is 0. The summed E-state index contributed by atoms with van der Waals surface area (Å²) in [6.07, 6.45) is 4.15. The predicted octanol–water partition coefficient (Wildman–Crippen LogP) is 4.29. The highest BCUT2D eigenvalue weighted by molar-refractivity contribution is 7.19. The summed E-state index contributed by atoms with van der Waals surface area (Å²) in [6.45, 7) is 3.82. The molecule has 3 rings (SSSR count). The molecule has 0 fully saturated rings. The van der Waals surface area contributed by atoms with Crippen LogP contribution in [0.4, 0.5) is 5.69 Å². The normalized spacial score (nSPS) is 11.4. The average molecular weight is 324 g/mol. The second kappa shape index (κ2) is 7.40. The maximum absolute atomic E-state index is 9.10. The molecular formula is C19H20N2OS. The lowest BCUT2D eigenvalue weighted by Gasteiger charge is -2.21. The topological polar surface area (TPSA) is 36.4 Å². The van der Waals surface area contributed by atoms with Crippen molar-refractivity contribution in [3.8, 4) is 0 Å². The summed E-state index contributed by atoms with van der Waals surface area (Å²) in [4.78, 5) is 6.76. The van der Waals surface area contributed by atoms with Crippen molar-refractivity contribution in [2.45, 2.75) is 6.92 Å². The smallest absolute Gasteiger partial charge is 0.117 e. The number of aliphatic hydroxyl groups excluding tert-OH is 1. The van der Waals surface area contributed by atoms with Crippen molar-refractivity contribution in [2.75, 3.05) is 24.6 Å². The Bertz CT molecular complexity index is 759. The fourth-order valence-corrected chi connectivity index (χ4v) is 3.39. The Morgan fingerprint density at radius 3 is 2.57 bits per heavy atom. The number of hydrogen-bond donors (Lipinski definition) is 1. The van der Waals surface area contributed by atoms with Gasteiger partial charge >= 0.3 is 0 Å². The molecule has 1 aromatic heterocycles. The lowest BCUT2D eigenvalue weighted by molar-refractivity contribution is 0.302. The highest BCUT2D eigenvalue weighted by Crippen LogP contribution is 2.23. The van der Waals surface area contributed by atoms with Crippen LogP contribution in [0.3, 0.4) is 0 Å². The molecule has 0 aliphatic carbocycles. The van der Waals surface area contributed by atoms with E-state index in [9.17, 15) is 0 Å². The van der Waals surface area contributed by atoms with Gasteiger partial charge in [0.05, 0.1) is 16.8 Å². The first-order chi connectivity index (χ1) is 11.3. The van der Waals surface area contributed by atoms with Gasteiger partial charge in [-0.1, -0.05) is 30.3 Å². The van der Waals surface area contributed by atoms with Gasteiger partial charge in [-0.15, -0.1) is 11.3 Å². The first-order valence-electron chi connectivity index (χ1n) is 7.79. The van der Waals surface area contributed by atoms with Crippen LogP contribution in [0.25, 0.3) is 22.4 Å². The van der Waals surface area contributed by atoms with Crippen LogP contribution in [0.5, 0.6) is 0 Å². The van der Waals surface area contributed by atoms with E-state index in [1.54, 1.807) is 11.3 Å². The van der Waals surface area contributed by atoms with Crippen molar-refractivity contribution in [1.82, 2.24) is 4.98 Å². The maximum atomic E-state index is 9.10. The number of anilines is 1. The highest BCUT2D eigenvalue weighted by Gasteiger charge is 2.03. The van der Waals surface area contributed by atoms with Crippen LogP contribution in [0.15, 0.2) is 48.5 Å². The van der Waals surface area contributed by atoms with E-state index in [4.69, 9.17) is 5.11 Å². The van der Waals surface area contributed by atoms with Crippen molar-refractivity contribution in [2.24, 2.45) is 0 Å². The molecule has 3 nitrogen and oxygen atoms in total. The quantitative estimate of drug-likeness (QED) is 0.735. The minimum absolute atomic E-state index is 0.174. The zero-order valence-electron chi connectivity index (χ0n) is 13.1. The van der Waals surface area contributed by atoms with Gasteiger partial charge in [0, 0.05) is 18.8 Å². The molecule has 0 saturated carbocycles. The summed E-state index contributed by atoms with van der Waals surface area (Å²) in [6, 6.07) is 16.6. The average Bonchev–Trinajstić information content (AvgIpc) is 3.01. The minimum atomic E-state index is 0.174. The van der Waals surface area contributed by atoms with Crippen molar-refractivity contribution < 1.29 is 5.11 Å². The van der Waals surface area contributed by atoms with Crippen LogP contribution in [-0.2, 0) is 0 Å². The number of thiazole rings is 1. The second-order valence-corrected chi connectivity index (χ2v) is 6.31. The number of fused-ring (bicyclic) bond motifs is 1. The fraction of sp³-hybridized carbons (Fsp3) is 0.211. The molecule has 118 valence electrons. The zero-order chi connectivity index (χ0) is 16.1. The van der Waals surface area contributed by atoms with E-state index >= 15 is 0 Å². The summed E-state index contributed by atoms with van der Waals surface area (Å²) < 4.78 is 1.21. The number of aromatic nitrogens is 1. The lowest BCUT2D eigenvalue weighted by atomic mass is 10.2. The molecule has 23 heavy (non-hydrogen) atoms. The molecule has 0 atom stereocenters. The molecule has 1 N–H and O–H groups in total. The van der Waals surface area contributed by atoms with E-state index in [-0.39, 0.29) is 6.61 Å². The zero-order valence-corrected chi connectivity index (χ0v) is 14.0. The van der Waals surface area contributed by atoms with Crippen LogP contribution < -0.4 is 4.90 Å². The monoisotopic (exact) mass is 324 g/mol. The van der Waals surface area contributed by atoms with Crippen LogP contribution in [0.1, 0.15) is 17.5 Å². The summed E-state index contributed by atoms with van der Waals surface area (Å²) >= 11 is 1.70. The van der Waals surface area contributed by atoms with Crippen LogP contribution >= 0.6 is 11.3 Å². The molecule has 0 radical (unpaired) electrons. The number of likely N-dealkylation sites (N-methyl/N-ethyl adjacent to an activating group) is 1. The largest absolute Gasteiger partial charge is 0.395 e. The number of aliphatic hydroxyl groups is 1. The van der Waals surface area contributed by atoms with Crippen LogP contribution in [-0.4, -0.2) is 29.8 Å². The van der Waals surface area contributed by atoms with Crippen molar-refractivity contribution in [3.63, 3.8) is 0 Å². The molecule has 0 aliphatic heterocycles. The Hall–Kier alpha value is -2.17. The number of nitrogens with zero attached hydrogens (tertiary/aromatic N) is 2. The van der Waals surface area contributed by atoms with E-state index in [0.29, 0.717) is 6.54 Å². The number of benzene rings is 2. The summed E-state index contributed by atoms with van der Waals surface area (Å²) in [5, 5.41) is 10.1. The van der Waals surface area contributed by atoms with Gasteiger partial charge in [-0.2, -0.15) is 0 Å². The van der Waals surface area contributed by atoms with Gasteiger partial charge < -0.3 is 10.0 Å². The van der Waals surface area contributed by atoms with Crippen LogP contribution in [0.2, 0.25) is 0 Å². The third-order valence-electron chi connectivity index (χ3n) is 3.74. The Balaban J connectivity index is 1.74. The van der Waals surface area contributed by atoms with Crippen molar-refractivity contribution >= 4 is 39.4 Å². The van der Waals surface area contributed by atoms with E-state index in [2.05, 4.69) is 59.3 Å². The molecule has 0 saturated heterocycles. The van der Waals surface area contributed by atoms with Gasteiger partial charge in [0.2, 0.25) is 0 Å². The number of rotatable bonds is 6. The summed E-state index contributed by atoms with van der Waals surface area (Å²) in [5.41, 5.74) is 3.34. The molecule has 0 amide bonds.